The van der Waals surface area contributed by atoms with Gasteiger partial charge < -0.3 is 29.5 Å². The summed E-state index contributed by atoms with van der Waals surface area (Å²) < 4.78 is 24.6. The lowest BCUT2D eigenvalue weighted by atomic mass is 9.98. The molecule has 1 fully saturated rings. The van der Waals surface area contributed by atoms with Crippen molar-refractivity contribution in [2.24, 2.45) is 0 Å². The number of ether oxygens (including phenoxy) is 3. The molecule has 0 aliphatic carbocycles. The van der Waals surface area contributed by atoms with Gasteiger partial charge in [-0.1, -0.05) is 60.7 Å². The van der Waals surface area contributed by atoms with Crippen molar-refractivity contribution in [3.8, 4) is 0 Å². The van der Waals surface area contributed by atoms with Gasteiger partial charge in [-0.25, -0.2) is 0 Å². The quantitative estimate of drug-likeness (QED) is 0.687. The Bertz CT molecular complexity index is 696. The van der Waals surface area contributed by atoms with Crippen LogP contribution in [0.5, 0.6) is 0 Å². The first-order valence-corrected chi connectivity index (χ1v) is 8.51. The van der Waals surface area contributed by atoms with E-state index in [-0.39, 0.29) is 13.2 Å². The van der Waals surface area contributed by atoms with Crippen molar-refractivity contribution in [2.75, 3.05) is 6.61 Å². The van der Waals surface area contributed by atoms with Gasteiger partial charge in [0.1, 0.15) is 24.4 Å². The summed E-state index contributed by atoms with van der Waals surface area (Å²) in [6.45, 7) is -0.125. The van der Waals surface area contributed by atoms with Gasteiger partial charge in [0, 0.05) is 0 Å². The van der Waals surface area contributed by atoms with E-state index in [1.807, 2.05) is 60.7 Å². The van der Waals surface area contributed by atoms with Crippen LogP contribution in [0.3, 0.4) is 0 Å². The van der Waals surface area contributed by atoms with Crippen LogP contribution < -0.4 is 0 Å². The normalized spacial score (nSPS) is 32.2. The predicted molar refractivity (Wildman–Crippen MR) is 94.0 cm³/mol. The van der Waals surface area contributed by atoms with Crippen molar-refractivity contribution in [2.45, 2.75) is 43.9 Å². The van der Waals surface area contributed by atoms with Crippen LogP contribution in [0.2, 0.25) is 0 Å². The van der Waals surface area contributed by atoms with E-state index in [9.17, 15) is 15.3 Å². The first-order chi connectivity index (χ1) is 13.0. The maximum absolute atomic E-state index is 10.4. The van der Waals surface area contributed by atoms with Gasteiger partial charge in [-0.3, -0.25) is 0 Å². The lowest BCUT2D eigenvalue weighted by Gasteiger charge is -2.42. The van der Waals surface area contributed by atoms with E-state index in [2.05, 4.69) is 0 Å². The summed E-state index contributed by atoms with van der Waals surface area (Å²) in [5.41, 5.74) is 1.77. The second-order valence-corrected chi connectivity index (χ2v) is 6.14. The first-order valence-electron chi connectivity index (χ1n) is 9.01. The molecule has 3 rings (SSSR count). The molecule has 2 aromatic carbocycles. The predicted octanol–water partition coefficient (Wildman–Crippen LogP) is 1.23. The fourth-order valence-corrected chi connectivity index (χ4v) is 2.89. The molecular weight excluding hydrogens is 336 g/mol. The maximum atomic E-state index is 10.4. The highest BCUT2D eigenvalue weighted by Gasteiger charge is 2.46. The van der Waals surface area contributed by atoms with Crippen LogP contribution in [-0.2, 0) is 27.4 Å². The van der Waals surface area contributed by atoms with E-state index in [1.165, 1.54) is 0 Å². The van der Waals surface area contributed by atoms with Crippen LogP contribution in [-0.4, -0.2) is 52.6 Å². The van der Waals surface area contributed by atoms with Gasteiger partial charge in [-0.15, -0.1) is 0 Å². The summed E-state index contributed by atoms with van der Waals surface area (Å²) in [5, 5.41) is 30.1. The molecule has 0 saturated carbocycles. The Labute approximate surface area is 154 Å². The molecule has 1 saturated heterocycles. The van der Waals surface area contributed by atoms with E-state index >= 15 is 0 Å². The standard InChI is InChI=1S/C20H24O6/c21-11-16-18(24-12-14-7-3-1-4-8-14)19(17(22)20(23)26-16)25-13-15-9-5-2-6-10-15/h1-10,16-23H,11-13H2/t16-,17-,18+,19-,20+/m1/s1/i20D. The molecule has 1 aliphatic rings. The lowest BCUT2D eigenvalue weighted by Crippen LogP contribution is -2.60. The van der Waals surface area contributed by atoms with Gasteiger partial charge in [0.2, 0.25) is 0 Å². The Hall–Kier alpha value is -1.80. The second kappa shape index (κ2) is 9.23. The Morgan fingerprint density at radius 2 is 1.35 bits per heavy atom. The zero-order valence-electron chi connectivity index (χ0n) is 15.3. The number of aliphatic hydroxyl groups is 3. The van der Waals surface area contributed by atoms with Crippen molar-refractivity contribution in [1.82, 2.24) is 0 Å². The van der Waals surface area contributed by atoms with Gasteiger partial charge in [0.05, 0.1) is 21.2 Å². The summed E-state index contributed by atoms with van der Waals surface area (Å²) >= 11 is 0. The molecule has 6 heteroatoms. The van der Waals surface area contributed by atoms with Crippen molar-refractivity contribution in [3.05, 3.63) is 71.8 Å². The smallest absolute Gasteiger partial charge is 0.184 e. The largest absolute Gasteiger partial charge is 0.394 e. The highest BCUT2D eigenvalue weighted by molar-refractivity contribution is 5.14. The molecule has 1 heterocycles. The highest BCUT2D eigenvalue weighted by atomic mass is 16.7. The van der Waals surface area contributed by atoms with Crippen LogP contribution in [0, 0.1) is 0 Å². The zero-order valence-corrected chi connectivity index (χ0v) is 14.3. The molecule has 5 atom stereocenters. The fraction of sp³-hybridized carbons (Fsp3) is 0.400. The number of hydrogen-bond donors (Lipinski definition) is 3. The number of benzene rings is 2. The minimum atomic E-state index is -2.60. The minimum absolute atomic E-state index is 0.155. The Morgan fingerprint density at radius 1 is 0.846 bits per heavy atom. The summed E-state index contributed by atoms with van der Waals surface area (Å²) in [6, 6.07) is 18.7. The summed E-state index contributed by atoms with van der Waals surface area (Å²) in [4.78, 5) is 0. The average molecular weight is 361 g/mol. The van der Waals surface area contributed by atoms with Crippen molar-refractivity contribution in [3.63, 3.8) is 0 Å². The molecule has 0 amide bonds. The van der Waals surface area contributed by atoms with Gasteiger partial charge in [-0.2, -0.15) is 0 Å². The third kappa shape index (κ3) is 4.67. The Morgan fingerprint density at radius 3 is 1.85 bits per heavy atom. The molecule has 3 N–H and O–H groups in total. The third-order valence-electron chi connectivity index (χ3n) is 4.28. The number of aliphatic hydroxyl groups excluding tert-OH is 2. The molecule has 140 valence electrons. The molecule has 0 spiro atoms. The van der Waals surface area contributed by atoms with Gasteiger partial charge >= 0.3 is 0 Å². The lowest BCUT2D eigenvalue weighted by molar-refractivity contribution is -0.305. The van der Waals surface area contributed by atoms with E-state index in [0.717, 1.165) is 11.1 Å². The Balaban J connectivity index is 1.76. The van der Waals surface area contributed by atoms with Gasteiger partial charge in [-0.05, 0) is 11.1 Å². The SMILES string of the molecule is [2H][C@]1(O)O[C@H](CO)[C@H](OCc2ccccc2)[C@H](OCc2ccccc2)[C@H]1O. The molecule has 6 nitrogen and oxygen atoms in total. The van der Waals surface area contributed by atoms with Crippen molar-refractivity contribution in [1.29, 1.82) is 0 Å². The monoisotopic (exact) mass is 361 g/mol. The maximum Gasteiger partial charge on any atom is 0.184 e. The summed E-state index contributed by atoms with van der Waals surface area (Å²) in [6.07, 6.45) is -7.19. The molecule has 2 aromatic rings. The topological polar surface area (TPSA) is 88.4 Å². The van der Waals surface area contributed by atoms with E-state index in [1.54, 1.807) is 0 Å². The second-order valence-electron chi connectivity index (χ2n) is 6.14. The Kier molecular flexibility index (Phi) is 6.25. The first kappa shape index (κ1) is 17.6. The number of rotatable bonds is 7. The fourth-order valence-electron chi connectivity index (χ4n) is 2.89. The summed E-state index contributed by atoms with van der Waals surface area (Å²) in [7, 11) is 0. The van der Waals surface area contributed by atoms with Crippen LogP contribution in [0.15, 0.2) is 60.7 Å². The molecule has 0 bridgehead atoms. The van der Waals surface area contributed by atoms with E-state index in [0.29, 0.717) is 0 Å². The summed E-state index contributed by atoms with van der Waals surface area (Å²) in [5.74, 6) is 0. The molecular formula is C20H24O6. The molecule has 0 radical (unpaired) electrons. The highest BCUT2D eigenvalue weighted by Crippen LogP contribution is 2.26. The van der Waals surface area contributed by atoms with E-state index < -0.39 is 37.3 Å². The molecule has 26 heavy (non-hydrogen) atoms. The van der Waals surface area contributed by atoms with Gasteiger partial charge in [0.25, 0.3) is 0 Å². The van der Waals surface area contributed by atoms with Crippen molar-refractivity contribution >= 4 is 0 Å². The molecule has 0 unspecified atom stereocenters. The van der Waals surface area contributed by atoms with Crippen LogP contribution in [0.1, 0.15) is 12.5 Å². The van der Waals surface area contributed by atoms with Gasteiger partial charge in [0.15, 0.2) is 6.27 Å². The third-order valence-corrected chi connectivity index (χ3v) is 4.28. The number of hydrogen-bond acceptors (Lipinski definition) is 6. The zero-order chi connectivity index (χ0) is 19.3. The molecule has 0 aromatic heterocycles. The van der Waals surface area contributed by atoms with Crippen molar-refractivity contribution < 1.29 is 30.9 Å². The minimum Gasteiger partial charge on any atom is -0.394 e. The van der Waals surface area contributed by atoms with E-state index in [4.69, 9.17) is 15.6 Å². The van der Waals surface area contributed by atoms with Crippen LogP contribution in [0.25, 0.3) is 0 Å². The average Bonchev–Trinajstić information content (AvgIpc) is 2.69. The molecule has 1 aliphatic heterocycles. The van der Waals surface area contributed by atoms with Crippen LogP contribution in [0.4, 0.5) is 0 Å². The van der Waals surface area contributed by atoms with Crippen LogP contribution >= 0.6 is 0 Å².